The van der Waals surface area contributed by atoms with E-state index < -0.39 is 0 Å². The van der Waals surface area contributed by atoms with Crippen LogP contribution < -0.4 is 14.5 Å². The number of unbranched alkanes of at least 4 members (excludes halogenated alkanes) is 1. The Bertz CT molecular complexity index is 431. The summed E-state index contributed by atoms with van der Waals surface area (Å²) in [5, 5.41) is 0.775. The van der Waals surface area contributed by atoms with Crippen molar-refractivity contribution < 1.29 is 14.5 Å². The van der Waals surface area contributed by atoms with Crippen molar-refractivity contribution in [2.45, 2.75) is 26.7 Å². The topological polar surface area (TPSA) is 18.1 Å². The lowest BCUT2D eigenvalue weighted by Gasteiger charge is -2.28. The van der Waals surface area contributed by atoms with Gasteiger partial charge in [0, 0.05) is 5.02 Å². The molecule has 2 N–H and O–H groups in total. The number of benzene rings is 1. The highest BCUT2D eigenvalue weighted by atomic mass is 35.5. The SMILES string of the molecule is CC[NH+]1CC[NH+](CCCCOc2ccc(Cl)cc2C)CC1. The number of quaternary nitrogens is 2. The van der Waals surface area contributed by atoms with Crippen LogP contribution in [0.4, 0.5) is 0 Å². The molecule has 0 unspecified atom stereocenters. The molecule has 118 valence electrons. The number of nitrogens with one attached hydrogen (secondary N) is 2. The molecule has 1 aliphatic heterocycles. The lowest BCUT2D eigenvalue weighted by molar-refractivity contribution is -1.01. The van der Waals surface area contributed by atoms with Crippen LogP contribution in [0.5, 0.6) is 5.75 Å². The number of rotatable bonds is 7. The third kappa shape index (κ3) is 5.50. The van der Waals surface area contributed by atoms with Gasteiger partial charge in [0.25, 0.3) is 0 Å². The van der Waals surface area contributed by atoms with Crippen molar-refractivity contribution in [2.24, 2.45) is 0 Å². The molecule has 1 aliphatic rings. The van der Waals surface area contributed by atoms with Crippen molar-refractivity contribution in [3.05, 3.63) is 28.8 Å². The molecule has 1 fully saturated rings. The molecule has 21 heavy (non-hydrogen) atoms. The van der Waals surface area contributed by atoms with Crippen molar-refractivity contribution in [1.29, 1.82) is 0 Å². The van der Waals surface area contributed by atoms with Crippen LogP contribution in [0.3, 0.4) is 0 Å². The highest BCUT2D eigenvalue weighted by Gasteiger charge is 2.20. The Kier molecular flexibility index (Phi) is 6.81. The van der Waals surface area contributed by atoms with Crippen LogP contribution >= 0.6 is 11.6 Å². The van der Waals surface area contributed by atoms with E-state index in [0.29, 0.717) is 0 Å². The van der Waals surface area contributed by atoms with Gasteiger partial charge in [0.15, 0.2) is 0 Å². The Morgan fingerprint density at radius 2 is 1.81 bits per heavy atom. The van der Waals surface area contributed by atoms with Crippen LogP contribution in [0.15, 0.2) is 18.2 Å². The lowest BCUT2D eigenvalue weighted by Crippen LogP contribution is -3.28. The van der Waals surface area contributed by atoms with E-state index in [4.69, 9.17) is 16.3 Å². The summed E-state index contributed by atoms with van der Waals surface area (Å²) >= 11 is 5.95. The van der Waals surface area contributed by atoms with Gasteiger partial charge in [-0.25, -0.2) is 0 Å². The second-order valence-corrected chi connectivity index (χ2v) is 6.51. The first-order valence-electron chi connectivity index (χ1n) is 8.25. The van der Waals surface area contributed by atoms with Gasteiger partial charge in [-0.2, -0.15) is 0 Å². The number of ether oxygens (including phenoxy) is 1. The Hall–Kier alpha value is -0.770. The largest absolute Gasteiger partial charge is 0.493 e. The van der Waals surface area contributed by atoms with Crippen LogP contribution in [0, 0.1) is 6.92 Å². The average molecular weight is 313 g/mol. The Labute approximate surface area is 133 Å². The first-order valence-corrected chi connectivity index (χ1v) is 8.63. The molecular formula is C17H29ClN2O+2. The summed E-state index contributed by atoms with van der Waals surface area (Å²) in [6.45, 7) is 13.1. The summed E-state index contributed by atoms with van der Waals surface area (Å²) in [7, 11) is 0. The summed E-state index contributed by atoms with van der Waals surface area (Å²) in [5.74, 6) is 0.965. The number of hydrogen-bond acceptors (Lipinski definition) is 1. The van der Waals surface area contributed by atoms with Crippen molar-refractivity contribution >= 4 is 11.6 Å². The molecule has 1 aromatic carbocycles. The Morgan fingerprint density at radius 1 is 1.10 bits per heavy atom. The molecule has 4 heteroatoms. The molecule has 0 aromatic heterocycles. The maximum Gasteiger partial charge on any atom is 0.127 e. The number of likely N-dealkylation sites (N-methyl/N-ethyl adjacent to an activating group) is 1. The van der Waals surface area contributed by atoms with Crippen LogP contribution in [0.25, 0.3) is 0 Å². The molecule has 0 aliphatic carbocycles. The number of piperazine rings is 1. The van der Waals surface area contributed by atoms with E-state index in [2.05, 4.69) is 6.92 Å². The van der Waals surface area contributed by atoms with Gasteiger partial charge in [-0.1, -0.05) is 11.6 Å². The van der Waals surface area contributed by atoms with Crippen molar-refractivity contribution in [2.75, 3.05) is 45.9 Å². The minimum Gasteiger partial charge on any atom is -0.493 e. The molecule has 2 rings (SSSR count). The van der Waals surface area contributed by atoms with E-state index in [-0.39, 0.29) is 0 Å². The van der Waals surface area contributed by atoms with Crippen molar-refractivity contribution in [3.8, 4) is 5.75 Å². The minimum atomic E-state index is 0.775. The van der Waals surface area contributed by atoms with E-state index in [0.717, 1.165) is 29.4 Å². The van der Waals surface area contributed by atoms with E-state index in [9.17, 15) is 0 Å². The lowest BCUT2D eigenvalue weighted by atomic mass is 10.2. The van der Waals surface area contributed by atoms with Gasteiger partial charge in [0.2, 0.25) is 0 Å². The first kappa shape index (κ1) is 16.6. The van der Waals surface area contributed by atoms with Gasteiger partial charge < -0.3 is 14.5 Å². The second-order valence-electron chi connectivity index (χ2n) is 6.07. The molecule has 3 nitrogen and oxygen atoms in total. The highest BCUT2D eigenvalue weighted by Crippen LogP contribution is 2.21. The zero-order valence-electron chi connectivity index (χ0n) is 13.4. The molecule has 0 amide bonds. The van der Waals surface area contributed by atoms with Crippen LogP contribution in [0.2, 0.25) is 5.02 Å². The summed E-state index contributed by atoms with van der Waals surface area (Å²) in [5.41, 5.74) is 1.12. The number of aryl methyl sites for hydroxylation is 1. The van der Waals surface area contributed by atoms with E-state index >= 15 is 0 Å². The third-order valence-electron chi connectivity index (χ3n) is 4.48. The van der Waals surface area contributed by atoms with Gasteiger partial charge in [-0.05, 0) is 50.5 Å². The molecule has 0 radical (unpaired) electrons. The predicted octanol–water partition coefficient (Wildman–Crippen LogP) is 0.611. The maximum atomic E-state index is 5.95. The van der Waals surface area contributed by atoms with Crippen molar-refractivity contribution in [1.82, 2.24) is 0 Å². The van der Waals surface area contributed by atoms with Gasteiger partial charge in [0.1, 0.15) is 31.9 Å². The van der Waals surface area contributed by atoms with E-state index in [1.165, 1.54) is 45.7 Å². The molecule has 1 saturated heterocycles. The average Bonchev–Trinajstić information content (AvgIpc) is 2.49. The fourth-order valence-electron chi connectivity index (χ4n) is 2.99. The fourth-order valence-corrected chi connectivity index (χ4v) is 3.22. The second kappa shape index (κ2) is 8.62. The van der Waals surface area contributed by atoms with Gasteiger partial charge in [-0.3, -0.25) is 0 Å². The molecule has 1 aromatic rings. The standard InChI is InChI=1S/C17H27ClN2O/c1-3-19-9-11-20(12-10-19)8-4-5-13-21-17-7-6-16(18)14-15(17)2/h6-7,14H,3-5,8-13H2,1-2H3/p+2. The number of hydrogen-bond donors (Lipinski definition) is 2. The first-order chi connectivity index (χ1) is 10.2. The van der Waals surface area contributed by atoms with Gasteiger partial charge in [0.05, 0.1) is 19.7 Å². The maximum absolute atomic E-state index is 5.95. The van der Waals surface area contributed by atoms with Crippen LogP contribution in [-0.2, 0) is 0 Å². The Balaban J connectivity index is 1.58. The minimum absolute atomic E-state index is 0.775. The van der Waals surface area contributed by atoms with Crippen LogP contribution in [-0.4, -0.2) is 45.9 Å². The fraction of sp³-hybridized carbons (Fsp3) is 0.647. The van der Waals surface area contributed by atoms with E-state index in [1.54, 1.807) is 9.80 Å². The third-order valence-corrected chi connectivity index (χ3v) is 4.72. The smallest absolute Gasteiger partial charge is 0.127 e. The summed E-state index contributed by atoms with van der Waals surface area (Å²) in [6, 6.07) is 5.82. The predicted molar refractivity (Wildman–Crippen MR) is 87.7 cm³/mol. The highest BCUT2D eigenvalue weighted by molar-refractivity contribution is 6.30. The quantitative estimate of drug-likeness (QED) is 0.706. The summed E-state index contributed by atoms with van der Waals surface area (Å²) < 4.78 is 5.84. The zero-order chi connectivity index (χ0) is 15.1. The molecule has 0 atom stereocenters. The molecule has 1 heterocycles. The van der Waals surface area contributed by atoms with Gasteiger partial charge in [-0.15, -0.1) is 0 Å². The molecule has 0 saturated carbocycles. The van der Waals surface area contributed by atoms with E-state index in [1.807, 2.05) is 25.1 Å². The molecular weight excluding hydrogens is 284 g/mol. The molecule has 0 spiro atoms. The summed E-state index contributed by atoms with van der Waals surface area (Å²) in [6.07, 6.45) is 2.39. The Morgan fingerprint density at radius 3 is 2.48 bits per heavy atom. The number of halogens is 1. The van der Waals surface area contributed by atoms with Crippen LogP contribution in [0.1, 0.15) is 25.3 Å². The zero-order valence-corrected chi connectivity index (χ0v) is 14.1. The monoisotopic (exact) mass is 312 g/mol. The van der Waals surface area contributed by atoms with Gasteiger partial charge >= 0.3 is 0 Å². The normalized spacial score (nSPS) is 22.2. The summed E-state index contributed by atoms with van der Waals surface area (Å²) in [4.78, 5) is 3.54. The molecule has 0 bridgehead atoms. The van der Waals surface area contributed by atoms with Crippen molar-refractivity contribution in [3.63, 3.8) is 0 Å².